The van der Waals surface area contributed by atoms with Crippen LogP contribution in [-0.2, 0) is 0 Å². The number of hydrogen-bond acceptors (Lipinski definition) is 3. The van der Waals surface area contributed by atoms with Gasteiger partial charge >= 0.3 is 0 Å². The van der Waals surface area contributed by atoms with E-state index >= 15 is 0 Å². The lowest BCUT2D eigenvalue weighted by Crippen LogP contribution is -2.15. The molecule has 0 bridgehead atoms. The molecule has 0 unspecified atom stereocenters. The van der Waals surface area contributed by atoms with Gasteiger partial charge in [0.1, 0.15) is 0 Å². The Balaban J connectivity index is 1.97. The molecule has 0 aliphatic heterocycles. The summed E-state index contributed by atoms with van der Waals surface area (Å²) in [4.78, 5) is 25.7. The highest BCUT2D eigenvalue weighted by Crippen LogP contribution is 2.33. The van der Waals surface area contributed by atoms with Crippen molar-refractivity contribution in [2.75, 3.05) is 0 Å². The summed E-state index contributed by atoms with van der Waals surface area (Å²) < 4.78 is 0. The zero-order chi connectivity index (χ0) is 13.2. The van der Waals surface area contributed by atoms with Crippen molar-refractivity contribution >= 4 is 23.3 Å². The second-order valence-corrected chi connectivity index (χ2v) is 5.28. The van der Waals surface area contributed by atoms with Crippen LogP contribution in [0.1, 0.15) is 20.7 Å². The third-order valence-corrected chi connectivity index (χ3v) is 3.93. The first kappa shape index (κ1) is 11.9. The molecule has 0 radical (unpaired) electrons. The summed E-state index contributed by atoms with van der Waals surface area (Å²) in [6, 6.07) is 16.5. The van der Waals surface area contributed by atoms with E-state index in [2.05, 4.69) is 0 Å². The van der Waals surface area contributed by atoms with Gasteiger partial charge in [0, 0.05) is 22.1 Å². The first-order chi connectivity index (χ1) is 9.25. The van der Waals surface area contributed by atoms with Crippen LogP contribution in [0.5, 0.6) is 0 Å². The Morgan fingerprint density at radius 2 is 1.37 bits per heavy atom. The second-order valence-electron chi connectivity index (χ2n) is 4.16. The molecule has 0 aromatic heterocycles. The standard InChI is InChI=1S/C16H10O2S/c17-14-10-15(19-11-6-2-1-3-7-11)16(18)13-9-5-4-8-12(13)14/h1-10H. The van der Waals surface area contributed by atoms with Crippen LogP contribution >= 0.6 is 11.8 Å². The van der Waals surface area contributed by atoms with E-state index in [0.717, 1.165) is 4.90 Å². The van der Waals surface area contributed by atoms with Crippen molar-refractivity contribution in [1.82, 2.24) is 0 Å². The minimum Gasteiger partial charge on any atom is -0.289 e. The number of Topliss-reactive ketones (excluding diaryl/α,β-unsaturated/α-hetero) is 1. The zero-order valence-electron chi connectivity index (χ0n) is 10.00. The van der Waals surface area contributed by atoms with Crippen molar-refractivity contribution in [2.45, 2.75) is 4.90 Å². The van der Waals surface area contributed by atoms with Crippen LogP contribution in [0.15, 0.2) is 70.5 Å². The van der Waals surface area contributed by atoms with E-state index in [1.807, 2.05) is 30.3 Å². The molecule has 2 nitrogen and oxygen atoms in total. The van der Waals surface area contributed by atoms with Crippen molar-refractivity contribution in [1.29, 1.82) is 0 Å². The van der Waals surface area contributed by atoms with Crippen LogP contribution in [-0.4, -0.2) is 11.6 Å². The number of fused-ring (bicyclic) bond motifs is 1. The van der Waals surface area contributed by atoms with E-state index in [1.54, 1.807) is 24.3 Å². The van der Waals surface area contributed by atoms with Crippen molar-refractivity contribution < 1.29 is 9.59 Å². The highest BCUT2D eigenvalue weighted by Gasteiger charge is 2.25. The monoisotopic (exact) mass is 266 g/mol. The maximum atomic E-state index is 12.3. The number of allylic oxidation sites excluding steroid dienone is 2. The molecule has 92 valence electrons. The summed E-state index contributed by atoms with van der Waals surface area (Å²) in [6.07, 6.45) is 1.43. The molecule has 0 atom stereocenters. The summed E-state index contributed by atoms with van der Waals surface area (Å²) in [6.45, 7) is 0. The Morgan fingerprint density at radius 3 is 2.11 bits per heavy atom. The van der Waals surface area contributed by atoms with Gasteiger partial charge < -0.3 is 0 Å². The predicted molar refractivity (Wildman–Crippen MR) is 75.5 cm³/mol. The molecule has 3 rings (SSSR count). The number of rotatable bonds is 2. The average molecular weight is 266 g/mol. The van der Waals surface area contributed by atoms with Crippen LogP contribution in [0.2, 0.25) is 0 Å². The van der Waals surface area contributed by atoms with Gasteiger partial charge in [0.15, 0.2) is 5.78 Å². The first-order valence-corrected chi connectivity index (χ1v) is 6.70. The summed E-state index contributed by atoms with van der Waals surface area (Å²) in [7, 11) is 0. The highest BCUT2D eigenvalue weighted by molar-refractivity contribution is 8.04. The largest absolute Gasteiger partial charge is 0.289 e. The van der Waals surface area contributed by atoms with E-state index in [0.29, 0.717) is 16.0 Å². The summed E-state index contributed by atoms with van der Waals surface area (Å²) in [5, 5.41) is 0. The molecule has 19 heavy (non-hydrogen) atoms. The second kappa shape index (κ2) is 4.86. The third-order valence-electron chi connectivity index (χ3n) is 2.89. The number of hydrogen-bond donors (Lipinski definition) is 0. The third kappa shape index (κ3) is 2.25. The first-order valence-electron chi connectivity index (χ1n) is 5.88. The molecular weight excluding hydrogens is 256 g/mol. The van der Waals surface area contributed by atoms with Crippen LogP contribution < -0.4 is 0 Å². The minimum atomic E-state index is -0.103. The molecule has 0 N–H and O–H groups in total. The van der Waals surface area contributed by atoms with Crippen LogP contribution in [0.25, 0.3) is 0 Å². The number of ketones is 2. The van der Waals surface area contributed by atoms with Gasteiger partial charge in [0.25, 0.3) is 0 Å². The molecule has 2 aromatic rings. The maximum Gasteiger partial charge on any atom is 0.200 e. The summed E-state index contributed by atoms with van der Waals surface area (Å²) >= 11 is 1.33. The molecule has 0 saturated heterocycles. The van der Waals surface area contributed by atoms with Crippen LogP contribution in [0.4, 0.5) is 0 Å². The van der Waals surface area contributed by atoms with Crippen LogP contribution in [0, 0.1) is 0 Å². The number of benzene rings is 2. The SMILES string of the molecule is O=C1C=C(Sc2ccccc2)C(=O)c2ccccc21. The average Bonchev–Trinajstić information content (AvgIpc) is 2.46. The number of carbonyl (C=O) groups excluding carboxylic acids is 2. The Labute approximate surface area is 115 Å². The molecule has 0 spiro atoms. The van der Waals surface area contributed by atoms with E-state index in [1.165, 1.54) is 17.8 Å². The molecule has 2 aromatic carbocycles. The van der Waals surface area contributed by atoms with Crippen molar-refractivity contribution in [3.05, 3.63) is 76.7 Å². The highest BCUT2D eigenvalue weighted by atomic mass is 32.2. The summed E-state index contributed by atoms with van der Waals surface area (Å²) in [5.74, 6) is -0.183. The van der Waals surface area contributed by atoms with Crippen molar-refractivity contribution in [3.8, 4) is 0 Å². The lowest BCUT2D eigenvalue weighted by molar-refractivity contribution is 0.0991. The van der Waals surface area contributed by atoms with Gasteiger partial charge in [0.05, 0.1) is 4.91 Å². The molecule has 0 amide bonds. The molecule has 0 heterocycles. The smallest absolute Gasteiger partial charge is 0.200 e. The van der Waals surface area contributed by atoms with Crippen LogP contribution in [0.3, 0.4) is 0 Å². The molecule has 3 heteroatoms. The van der Waals surface area contributed by atoms with E-state index < -0.39 is 0 Å². The maximum absolute atomic E-state index is 12.3. The minimum absolute atomic E-state index is 0.0796. The lowest BCUT2D eigenvalue weighted by atomic mass is 9.95. The van der Waals surface area contributed by atoms with Gasteiger partial charge in [-0.05, 0) is 12.1 Å². The van der Waals surface area contributed by atoms with E-state index in [9.17, 15) is 9.59 Å². The number of carbonyl (C=O) groups is 2. The molecule has 1 aliphatic rings. The molecule has 1 aliphatic carbocycles. The molecule has 0 fully saturated rings. The normalized spacial score (nSPS) is 14.0. The van der Waals surface area contributed by atoms with Crippen molar-refractivity contribution in [2.24, 2.45) is 0 Å². The Kier molecular flexibility index (Phi) is 3.05. The summed E-state index contributed by atoms with van der Waals surface area (Å²) in [5.41, 5.74) is 0.985. The number of thioether (sulfide) groups is 1. The topological polar surface area (TPSA) is 34.1 Å². The fourth-order valence-electron chi connectivity index (χ4n) is 1.98. The Bertz CT molecular complexity index is 687. The van der Waals surface area contributed by atoms with Crippen molar-refractivity contribution in [3.63, 3.8) is 0 Å². The lowest BCUT2D eigenvalue weighted by Gasteiger charge is -2.14. The van der Waals surface area contributed by atoms with Gasteiger partial charge in [-0.15, -0.1) is 0 Å². The molecular formula is C16H10O2S. The Hall–Kier alpha value is -2.13. The molecule has 0 saturated carbocycles. The van der Waals surface area contributed by atoms with E-state index in [-0.39, 0.29) is 11.6 Å². The van der Waals surface area contributed by atoms with Gasteiger partial charge in [-0.25, -0.2) is 0 Å². The fourth-order valence-corrected chi connectivity index (χ4v) is 2.90. The Morgan fingerprint density at radius 1 is 0.737 bits per heavy atom. The zero-order valence-corrected chi connectivity index (χ0v) is 10.8. The van der Waals surface area contributed by atoms with Gasteiger partial charge in [-0.2, -0.15) is 0 Å². The van der Waals surface area contributed by atoms with Gasteiger partial charge in [0.2, 0.25) is 5.78 Å². The van der Waals surface area contributed by atoms with Gasteiger partial charge in [-0.3, -0.25) is 9.59 Å². The van der Waals surface area contributed by atoms with Gasteiger partial charge in [-0.1, -0.05) is 54.2 Å². The quantitative estimate of drug-likeness (QED) is 0.830. The van der Waals surface area contributed by atoms with E-state index in [4.69, 9.17) is 0 Å². The predicted octanol–water partition coefficient (Wildman–Crippen LogP) is 3.74. The fraction of sp³-hybridized carbons (Fsp3) is 0.